The van der Waals surface area contributed by atoms with Crippen molar-refractivity contribution in [2.75, 3.05) is 0 Å². The van der Waals surface area contributed by atoms with E-state index in [0.29, 0.717) is 0 Å². The van der Waals surface area contributed by atoms with Gasteiger partial charge in [0, 0.05) is 0 Å². The Kier molecular flexibility index (Phi) is 47.0. The zero-order valence-electron chi connectivity index (χ0n) is 3.56. The van der Waals surface area contributed by atoms with Gasteiger partial charge in [-0.25, -0.2) is 24.3 Å². The van der Waals surface area contributed by atoms with E-state index in [4.69, 9.17) is 11.6 Å². The Morgan fingerprint density at radius 1 is 1.67 bits per heavy atom. The second-order valence-corrected chi connectivity index (χ2v) is 0.614. The molecule has 0 bridgehead atoms. The first kappa shape index (κ1) is 16.0. The van der Waals surface area contributed by atoms with Crippen LogP contribution in [0.25, 0.3) is 0 Å². The van der Waals surface area contributed by atoms with Crippen molar-refractivity contribution >= 4 is 11.6 Å². The maximum Gasteiger partial charge on any atom is 2.00 e. The number of halogens is 1. The topological polar surface area (TPSA) is 0 Å². The van der Waals surface area contributed by atoms with E-state index < -0.39 is 0 Å². The maximum absolute atomic E-state index is 4.94. The molecular formula is C4H7ClPd. The number of hydrogen-bond acceptors (Lipinski definition) is 0. The summed E-state index contributed by atoms with van der Waals surface area (Å²) in [7, 11) is 0. The van der Waals surface area contributed by atoms with Crippen molar-refractivity contribution in [3.8, 4) is 0 Å². The number of allylic oxidation sites excluding steroid dienone is 1. The van der Waals surface area contributed by atoms with E-state index in [1.807, 2.05) is 0 Å². The van der Waals surface area contributed by atoms with Crippen molar-refractivity contribution in [3.05, 3.63) is 26.0 Å². The Hall–Kier alpha value is 0.562. The molecular weight excluding hydrogens is 190 g/mol. The van der Waals surface area contributed by atoms with Gasteiger partial charge in [0.15, 0.2) is 0 Å². The fraction of sp³-hybridized carbons (Fsp3) is 0. The molecule has 0 aromatic rings. The van der Waals surface area contributed by atoms with E-state index in [2.05, 4.69) is 6.58 Å². The number of rotatable bonds is 1. The summed E-state index contributed by atoms with van der Waals surface area (Å²) in [5.74, 6) is 1.36. The SMILES string of the molecule is C=C[CH-]Cl.[CH3-].[Pd+2]. The molecule has 0 N–H and O–H groups in total. The molecule has 0 rings (SSSR count). The maximum atomic E-state index is 4.94. The van der Waals surface area contributed by atoms with Crippen molar-refractivity contribution in [2.45, 2.75) is 0 Å². The van der Waals surface area contributed by atoms with Gasteiger partial charge in [-0.05, 0) is 0 Å². The van der Waals surface area contributed by atoms with Crippen LogP contribution in [0.4, 0.5) is 0 Å². The van der Waals surface area contributed by atoms with Crippen LogP contribution in [-0.4, -0.2) is 0 Å². The molecule has 0 fully saturated rings. The Morgan fingerprint density at radius 2 is 1.83 bits per heavy atom. The van der Waals surface area contributed by atoms with Gasteiger partial charge in [-0.2, -0.15) is 0 Å². The molecule has 0 aromatic carbocycles. The summed E-state index contributed by atoms with van der Waals surface area (Å²) >= 11 is 4.94. The molecule has 0 atom stereocenters. The van der Waals surface area contributed by atoms with E-state index in [1.165, 1.54) is 12.0 Å². The van der Waals surface area contributed by atoms with Crippen LogP contribution < -0.4 is 0 Å². The van der Waals surface area contributed by atoms with Crippen molar-refractivity contribution < 1.29 is 20.4 Å². The Balaban J connectivity index is -0.0000000450. The summed E-state index contributed by atoms with van der Waals surface area (Å²) in [6.07, 6.45) is 1.52. The van der Waals surface area contributed by atoms with Crippen molar-refractivity contribution in [1.29, 1.82) is 0 Å². The first-order valence-electron chi connectivity index (χ1n) is 0.960. The second-order valence-electron chi connectivity index (χ2n) is 0.362. The Labute approximate surface area is 58.2 Å². The summed E-state index contributed by atoms with van der Waals surface area (Å²) in [6.45, 7) is 3.29. The van der Waals surface area contributed by atoms with E-state index in [-0.39, 0.29) is 27.8 Å². The van der Waals surface area contributed by atoms with E-state index in [0.717, 1.165) is 0 Å². The Bertz CT molecular complexity index is 21.5. The van der Waals surface area contributed by atoms with Gasteiger partial charge in [-0.15, -0.1) is 5.88 Å². The van der Waals surface area contributed by atoms with Crippen LogP contribution >= 0.6 is 11.6 Å². The molecule has 0 aliphatic rings. The number of hydrogen-bond donors (Lipinski definition) is 0. The van der Waals surface area contributed by atoms with Gasteiger partial charge in [0.05, 0.1) is 0 Å². The summed E-state index contributed by atoms with van der Waals surface area (Å²) in [4.78, 5) is 0. The van der Waals surface area contributed by atoms with Crippen LogP contribution in [0.1, 0.15) is 0 Å². The minimum atomic E-state index is 0. The molecule has 0 aromatic heterocycles. The van der Waals surface area contributed by atoms with Gasteiger partial charge in [0.25, 0.3) is 0 Å². The van der Waals surface area contributed by atoms with Crippen molar-refractivity contribution in [2.24, 2.45) is 0 Å². The summed E-state index contributed by atoms with van der Waals surface area (Å²) in [5.41, 5.74) is 0. The average molecular weight is 197 g/mol. The van der Waals surface area contributed by atoms with Gasteiger partial charge in [0.2, 0.25) is 0 Å². The monoisotopic (exact) mass is 196 g/mol. The largest absolute Gasteiger partial charge is 2.00 e. The van der Waals surface area contributed by atoms with Gasteiger partial charge in [-0.1, -0.05) is 0 Å². The van der Waals surface area contributed by atoms with Gasteiger partial charge < -0.3 is 7.43 Å². The van der Waals surface area contributed by atoms with E-state index >= 15 is 0 Å². The zero-order chi connectivity index (χ0) is 3.41. The van der Waals surface area contributed by atoms with Crippen LogP contribution in [0, 0.1) is 13.3 Å². The average Bonchev–Trinajstić information content (AvgIpc) is 1.37. The van der Waals surface area contributed by atoms with Crippen LogP contribution in [0.15, 0.2) is 12.7 Å². The summed E-state index contributed by atoms with van der Waals surface area (Å²) in [5, 5.41) is 0. The zero-order valence-corrected chi connectivity index (χ0v) is 5.87. The molecule has 0 aliphatic carbocycles. The first-order valence-corrected chi connectivity index (χ1v) is 1.40. The normalized spacial score (nSPS) is 3.50. The molecule has 0 aliphatic heterocycles. The second kappa shape index (κ2) is 17.6. The van der Waals surface area contributed by atoms with Crippen LogP contribution in [0.3, 0.4) is 0 Å². The molecule has 0 nitrogen and oxygen atoms in total. The van der Waals surface area contributed by atoms with Crippen LogP contribution in [0.5, 0.6) is 0 Å². The molecule has 0 saturated carbocycles. The van der Waals surface area contributed by atoms with E-state index in [1.54, 1.807) is 0 Å². The minimum absolute atomic E-state index is 0. The molecule has 0 radical (unpaired) electrons. The predicted octanol–water partition coefficient (Wildman–Crippen LogP) is 2.02. The summed E-state index contributed by atoms with van der Waals surface area (Å²) < 4.78 is 0. The fourth-order valence-corrected chi connectivity index (χ4v) is 0. The molecule has 0 unspecified atom stereocenters. The molecule has 0 amide bonds. The van der Waals surface area contributed by atoms with Crippen LogP contribution in [0.2, 0.25) is 0 Å². The quantitative estimate of drug-likeness (QED) is 0.445. The smallest absolute Gasteiger partial charge is 0.358 e. The predicted molar refractivity (Wildman–Crippen MR) is 26.8 cm³/mol. The third-order valence-corrected chi connectivity index (χ3v) is 0.267. The molecule has 0 heterocycles. The molecule has 40 valence electrons. The van der Waals surface area contributed by atoms with E-state index in [9.17, 15) is 0 Å². The summed E-state index contributed by atoms with van der Waals surface area (Å²) in [6, 6.07) is 0. The fourth-order valence-electron chi connectivity index (χ4n) is 0. The van der Waals surface area contributed by atoms with Crippen molar-refractivity contribution in [1.82, 2.24) is 0 Å². The standard InChI is InChI=1S/C3H4Cl.CH3.Pd/c1-2-3-4;;/h2-3H,1H2;1H3;/q2*-1;+2. The van der Waals surface area contributed by atoms with Gasteiger partial charge >= 0.3 is 20.4 Å². The van der Waals surface area contributed by atoms with Crippen molar-refractivity contribution in [3.63, 3.8) is 0 Å². The van der Waals surface area contributed by atoms with Gasteiger partial charge in [-0.3, -0.25) is 0 Å². The molecule has 0 spiro atoms. The third-order valence-electron chi connectivity index (χ3n) is 0.0891. The minimum Gasteiger partial charge on any atom is -0.358 e. The Morgan fingerprint density at radius 3 is 1.83 bits per heavy atom. The van der Waals surface area contributed by atoms with Crippen LogP contribution in [-0.2, 0) is 20.4 Å². The third kappa shape index (κ3) is 23.7. The van der Waals surface area contributed by atoms with Gasteiger partial charge in [0.1, 0.15) is 0 Å². The molecule has 2 heteroatoms. The first-order chi connectivity index (χ1) is 1.91. The molecule has 6 heavy (non-hydrogen) atoms. The molecule has 0 saturated heterocycles.